The molecule has 0 saturated carbocycles. The molecule has 0 aliphatic carbocycles. The SMILES string of the molecule is CCC(C)C(C)C(C)COC(=O)CC(=O)OCC(OC(=O)CC(=O)O)C(OC(=O)CC(=O)O)C(COC(=O)CC(=O)O)OC(=O)CC(=O)O.[W].[W].[W].[W]. The largest absolute Gasteiger partial charge is 0.481 e. The van der Waals surface area contributed by atoms with Crippen molar-refractivity contribution in [2.75, 3.05) is 19.8 Å². The zero-order valence-corrected chi connectivity index (χ0v) is 40.5. The van der Waals surface area contributed by atoms with Gasteiger partial charge >= 0.3 is 59.7 Å². The summed E-state index contributed by atoms with van der Waals surface area (Å²) in [6, 6.07) is 0. The molecule has 0 bridgehead atoms. The van der Waals surface area contributed by atoms with E-state index in [1.54, 1.807) is 0 Å². The fraction of sp³-hybridized carbons (Fsp3) is 0.655. The number of ether oxygens (including phenoxy) is 6. The number of carboxylic acid groups (broad SMARTS) is 4. The third-order valence-electron chi connectivity index (χ3n) is 6.80. The molecule has 0 heterocycles. The van der Waals surface area contributed by atoms with Gasteiger partial charge < -0.3 is 48.8 Å². The molecular weight excluding hydrogens is 1400 g/mol. The number of carbonyl (C=O) groups excluding carboxylic acids is 6. The Kier molecular flexibility index (Phi) is 35.8. The summed E-state index contributed by atoms with van der Waals surface area (Å²) >= 11 is 0. The first kappa shape index (κ1) is 59.7. The van der Waals surface area contributed by atoms with Gasteiger partial charge in [-0.3, -0.25) is 47.9 Å². The summed E-state index contributed by atoms with van der Waals surface area (Å²) in [5.74, 6) is -15.1. The minimum Gasteiger partial charge on any atom is -0.481 e. The maximum atomic E-state index is 12.5. The second-order valence-corrected chi connectivity index (χ2v) is 10.7. The minimum atomic E-state index is -2.32. The molecule has 0 aliphatic heterocycles. The third kappa shape index (κ3) is 28.6. The van der Waals surface area contributed by atoms with Crippen LogP contribution in [0.4, 0.5) is 0 Å². The summed E-state index contributed by atoms with van der Waals surface area (Å²) in [5.41, 5.74) is 0. The Morgan fingerprint density at radius 3 is 1.08 bits per heavy atom. The molecule has 20 nitrogen and oxygen atoms in total. The van der Waals surface area contributed by atoms with Crippen LogP contribution in [0, 0.1) is 17.8 Å². The molecule has 0 aromatic carbocycles. The van der Waals surface area contributed by atoms with Crippen molar-refractivity contribution in [3.63, 3.8) is 0 Å². The van der Waals surface area contributed by atoms with E-state index in [0.717, 1.165) is 6.42 Å². The molecule has 300 valence electrons. The molecule has 0 aromatic heterocycles. The van der Waals surface area contributed by atoms with Gasteiger partial charge in [0.05, 0.1) is 6.61 Å². The van der Waals surface area contributed by atoms with Gasteiger partial charge in [-0.1, -0.05) is 34.1 Å². The molecule has 0 amide bonds. The van der Waals surface area contributed by atoms with Crippen LogP contribution in [-0.4, -0.2) is 118 Å². The summed E-state index contributed by atoms with van der Waals surface area (Å²) in [6.07, 6.45) is -12.1. The molecular formula is C29H40O20W4. The van der Waals surface area contributed by atoms with Crippen molar-refractivity contribution in [1.29, 1.82) is 0 Å². The monoisotopic (exact) mass is 1440 g/mol. The van der Waals surface area contributed by atoms with Crippen LogP contribution in [0.25, 0.3) is 0 Å². The minimum absolute atomic E-state index is 0. The third-order valence-corrected chi connectivity index (χ3v) is 6.80. The Morgan fingerprint density at radius 1 is 0.434 bits per heavy atom. The molecule has 0 aromatic rings. The number of hydrogen-bond donors (Lipinski definition) is 4. The number of aliphatic carboxylic acids is 4. The molecule has 24 heteroatoms. The average Bonchev–Trinajstić information content (AvgIpc) is 2.96. The smallest absolute Gasteiger partial charge is 0.317 e. The number of rotatable bonds is 24. The van der Waals surface area contributed by atoms with E-state index in [1.807, 2.05) is 27.7 Å². The van der Waals surface area contributed by atoms with Crippen LogP contribution < -0.4 is 0 Å². The number of carbonyl (C=O) groups is 10. The van der Waals surface area contributed by atoms with E-state index >= 15 is 0 Å². The van der Waals surface area contributed by atoms with E-state index in [2.05, 4.69) is 0 Å². The van der Waals surface area contributed by atoms with Crippen LogP contribution in [0.1, 0.15) is 66.2 Å². The summed E-state index contributed by atoms with van der Waals surface area (Å²) < 4.78 is 29.6. The Labute approximate surface area is 360 Å². The van der Waals surface area contributed by atoms with E-state index in [4.69, 9.17) is 48.8 Å². The van der Waals surface area contributed by atoms with Crippen molar-refractivity contribution in [3.8, 4) is 0 Å². The van der Waals surface area contributed by atoms with Crippen molar-refractivity contribution in [2.45, 2.75) is 84.5 Å². The molecule has 6 unspecified atom stereocenters. The summed E-state index contributed by atoms with van der Waals surface area (Å²) in [5, 5.41) is 35.7. The van der Waals surface area contributed by atoms with Gasteiger partial charge in [-0.15, -0.1) is 0 Å². The zero-order chi connectivity index (χ0) is 37.8. The molecule has 4 N–H and O–H groups in total. The van der Waals surface area contributed by atoms with Gasteiger partial charge in [0.1, 0.15) is 45.3 Å². The van der Waals surface area contributed by atoms with Gasteiger partial charge in [0.25, 0.3) is 0 Å². The van der Waals surface area contributed by atoms with Crippen LogP contribution in [-0.2, 0) is 161 Å². The Balaban J connectivity index is -0.00000192. The molecule has 0 spiro atoms. The van der Waals surface area contributed by atoms with Crippen molar-refractivity contribution >= 4 is 59.7 Å². The van der Waals surface area contributed by atoms with Crippen LogP contribution in [0.5, 0.6) is 0 Å². The molecule has 0 radical (unpaired) electrons. The van der Waals surface area contributed by atoms with E-state index in [9.17, 15) is 47.9 Å². The number of esters is 6. The molecule has 0 saturated heterocycles. The molecule has 53 heavy (non-hydrogen) atoms. The zero-order valence-electron chi connectivity index (χ0n) is 28.8. The van der Waals surface area contributed by atoms with E-state index in [1.165, 1.54) is 0 Å². The van der Waals surface area contributed by atoms with E-state index in [0.29, 0.717) is 5.92 Å². The summed E-state index contributed by atoms with van der Waals surface area (Å²) in [7, 11) is 0. The van der Waals surface area contributed by atoms with Gasteiger partial charge in [-0.05, 0) is 17.8 Å². The first-order valence-corrected chi connectivity index (χ1v) is 14.7. The normalized spacial score (nSPS) is 13.2. The predicted octanol–water partition coefficient (Wildman–Crippen LogP) is -0.0514. The van der Waals surface area contributed by atoms with Gasteiger partial charge in [-0.25, -0.2) is 0 Å². The summed E-state index contributed by atoms with van der Waals surface area (Å²) in [6.45, 7) is 5.34. The van der Waals surface area contributed by atoms with Crippen LogP contribution in [0.2, 0.25) is 0 Å². The Morgan fingerprint density at radius 2 is 0.736 bits per heavy atom. The predicted molar refractivity (Wildman–Crippen MR) is 154 cm³/mol. The molecule has 0 rings (SSSR count). The Bertz CT molecular complexity index is 1240. The fourth-order valence-electron chi connectivity index (χ4n) is 3.82. The van der Waals surface area contributed by atoms with Gasteiger partial charge in [-0.2, -0.15) is 0 Å². The van der Waals surface area contributed by atoms with Crippen molar-refractivity contribution in [2.24, 2.45) is 17.8 Å². The topological polar surface area (TPSA) is 307 Å². The maximum Gasteiger partial charge on any atom is 0.317 e. The van der Waals surface area contributed by atoms with Crippen LogP contribution >= 0.6 is 0 Å². The van der Waals surface area contributed by atoms with Crippen LogP contribution in [0.15, 0.2) is 0 Å². The van der Waals surface area contributed by atoms with Crippen LogP contribution in [0.3, 0.4) is 0 Å². The van der Waals surface area contributed by atoms with Gasteiger partial charge in [0, 0.05) is 84.3 Å². The van der Waals surface area contributed by atoms with Crippen molar-refractivity contribution in [1.82, 2.24) is 0 Å². The van der Waals surface area contributed by atoms with Crippen molar-refractivity contribution in [3.05, 3.63) is 0 Å². The fourth-order valence-corrected chi connectivity index (χ4v) is 3.82. The molecule has 0 fully saturated rings. The van der Waals surface area contributed by atoms with Gasteiger partial charge in [0.15, 0.2) is 18.3 Å². The van der Waals surface area contributed by atoms with Crippen molar-refractivity contribution < 1.29 is 181 Å². The van der Waals surface area contributed by atoms with E-state index < -0.39 is 123 Å². The average molecular weight is 1440 g/mol. The quantitative estimate of drug-likeness (QED) is 0.0559. The number of hydrogen-bond acceptors (Lipinski definition) is 16. The standard InChI is InChI=1S/C29H40O20.4W/c1-5-14(2)16(4)15(3)11-44-24(39)10-25(40)46-13-18(48-27(42)8-21(34)35)29(49-28(43)9-22(36)37)17(47-26(41)7-20(32)33)12-45-23(38)6-19(30)31;;;;/h14-18,29H,5-13H2,1-4H3,(H,30,31)(H,32,33)(H,34,35)(H,36,37);;;;. The molecule has 6 atom stereocenters. The van der Waals surface area contributed by atoms with Gasteiger partial charge in [0.2, 0.25) is 0 Å². The maximum absolute atomic E-state index is 12.5. The number of carboxylic acids is 4. The first-order chi connectivity index (χ1) is 22.7. The second-order valence-electron chi connectivity index (χ2n) is 10.7. The first-order valence-electron chi connectivity index (χ1n) is 14.7. The second kappa shape index (κ2) is 31.8. The Hall–Kier alpha value is -2.55. The summed E-state index contributed by atoms with van der Waals surface area (Å²) in [4.78, 5) is 118. The molecule has 0 aliphatic rings. The van der Waals surface area contributed by atoms with E-state index in [-0.39, 0.29) is 103 Å².